The van der Waals surface area contributed by atoms with Crippen molar-refractivity contribution in [1.29, 1.82) is 0 Å². The van der Waals surface area contributed by atoms with Crippen molar-refractivity contribution in [3.8, 4) is 0 Å². The molecule has 1 aliphatic rings. The van der Waals surface area contributed by atoms with E-state index in [-0.39, 0.29) is 11.9 Å². The molecule has 1 N–H and O–H groups in total. The van der Waals surface area contributed by atoms with Crippen LogP contribution in [0.4, 0.5) is 0 Å². The molecular formula is C15H22N2O. The van der Waals surface area contributed by atoms with Crippen LogP contribution in [0.15, 0.2) is 18.2 Å². The summed E-state index contributed by atoms with van der Waals surface area (Å²) >= 11 is 0. The molecule has 18 heavy (non-hydrogen) atoms. The Morgan fingerprint density at radius 1 is 1.44 bits per heavy atom. The normalized spacial score (nSPS) is 19.9. The van der Waals surface area contributed by atoms with E-state index < -0.39 is 0 Å². The lowest BCUT2D eigenvalue weighted by atomic mass is 9.97. The molecule has 1 aromatic rings. The highest BCUT2D eigenvalue weighted by molar-refractivity contribution is 5.73. The summed E-state index contributed by atoms with van der Waals surface area (Å²) in [4.78, 5) is 13.6. The van der Waals surface area contributed by atoms with Gasteiger partial charge in [0, 0.05) is 32.6 Å². The van der Waals surface area contributed by atoms with Gasteiger partial charge in [-0.2, -0.15) is 0 Å². The molecule has 0 spiro atoms. The molecule has 1 aromatic carbocycles. The highest BCUT2D eigenvalue weighted by Gasteiger charge is 2.24. The number of rotatable bonds is 2. The molecule has 1 aliphatic heterocycles. The third-order valence-electron chi connectivity index (χ3n) is 3.71. The van der Waals surface area contributed by atoms with Crippen LogP contribution in [0.5, 0.6) is 0 Å². The maximum atomic E-state index is 11.6. The van der Waals surface area contributed by atoms with Crippen molar-refractivity contribution < 1.29 is 4.79 Å². The van der Waals surface area contributed by atoms with Crippen LogP contribution in [-0.4, -0.2) is 36.5 Å². The van der Waals surface area contributed by atoms with Crippen LogP contribution >= 0.6 is 0 Å². The minimum absolute atomic E-state index is 0.186. The summed E-state index contributed by atoms with van der Waals surface area (Å²) in [5.74, 6) is 0.186. The Kier molecular flexibility index (Phi) is 4.02. The van der Waals surface area contributed by atoms with E-state index in [0.717, 1.165) is 26.1 Å². The first-order chi connectivity index (χ1) is 8.58. The van der Waals surface area contributed by atoms with Crippen molar-refractivity contribution >= 4 is 5.91 Å². The highest BCUT2D eigenvalue weighted by atomic mass is 16.2. The first-order valence-electron chi connectivity index (χ1n) is 6.62. The van der Waals surface area contributed by atoms with Crippen molar-refractivity contribution in [1.82, 2.24) is 10.2 Å². The molecule has 1 atom stereocenters. The Labute approximate surface area is 109 Å². The number of amides is 1. The monoisotopic (exact) mass is 246 g/mol. The third kappa shape index (κ3) is 2.91. The maximum Gasteiger partial charge on any atom is 0.219 e. The number of carbonyl (C=O) groups excluding carboxylic acids is 1. The average Bonchev–Trinajstić information content (AvgIpc) is 2.33. The van der Waals surface area contributed by atoms with Crippen LogP contribution < -0.4 is 5.32 Å². The fourth-order valence-corrected chi connectivity index (χ4v) is 2.69. The van der Waals surface area contributed by atoms with E-state index in [2.05, 4.69) is 37.4 Å². The molecule has 0 aromatic heterocycles. The van der Waals surface area contributed by atoms with Gasteiger partial charge < -0.3 is 10.2 Å². The molecule has 3 heteroatoms. The molecule has 1 amide bonds. The van der Waals surface area contributed by atoms with E-state index >= 15 is 0 Å². The smallest absolute Gasteiger partial charge is 0.219 e. The lowest BCUT2D eigenvalue weighted by Crippen LogP contribution is -2.53. The molecule has 0 bridgehead atoms. The summed E-state index contributed by atoms with van der Waals surface area (Å²) in [6.07, 6.45) is 0.943. The second kappa shape index (κ2) is 5.53. The van der Waals surface area contributed by atoms with Crippen LogP contribution in [0.25, 0.3) is 0 Å². The van der Waals surface area contributed by atoms with Gasteiger partial charge in [-0.25, -0.2) is 0 Å². The molecule has 1 saturated heterocycles. The highest BCUT2D eigenvalue weighted by Crippen LogP contribution is 2.16. The van der Waals surface area contributed by atoms with Gasteiger partial charge in [-0.1, -0.05) is 23.8 Å². The average molecular weight is 246 g/mol. The van der Waals surface area contributed by atoms with Crippen molar-refractivity contribution in [2.75, 3.05) is 19.6 Å². The van der Waals surface area contributed by atoms with Gasteiger partial charge in [0.15, 0.2) is 0 Å². The van der Waals surface area contributed by atoms with Gasteiger partial charge in [-0.3, -0.25) is 4.79 Å². The van der Waals surface area contributed by atoms with Gasteiger partial charge in [-0.15, -0.1) is 0 Å². The van der Waals surface area contributed by atoms with Crippen LogP contribution in [0.3, 0.4) is 0 Å². The van der Waals surface area contributed by atoms with E-state index in [1.54, 1.807) is 6.92 Å². The van der Waals surface area contributed by atoms with E-state index in [4.69, 9.17) is 0 Å². The van der Waals surface area contributed by atoms with Crippen LogP contribution in [0.1, 0.15) is 23.6 Å². The fraction of sp³-hybridized carbons (Fsp3) is 0.533. The molecule has 0 aliphatic carbocycles. The number of aryl methyl sites for hydroxylation is 2. The minimum atomic E-state index is 0.186. The van der Waals surface area contributed by atoms with Gasteiger partial charge in [0.1, 0.15) is 0 Å². The van der Waals surface area contributed by atoms with Crippen molar-refractivity contribution in [3.05, 3.63) is 34.9 Å². The van der Waals surface area contributed by atoms with Gasteiger partial charge in [0.2, 0.25) is 5.91 Å². The Morgan fingerprint density at radius 2 is 2.22 bits per heavy atom. The van der Waals surface area contributed by atoms with Gasteiger partial charge in [0.25, 0.3) is 0 Å². The van der Waals surface area contributed by atoms with E-state index in [1.165, 1.54) is 16.7 Å². The van der Waals surface area contributed by atoms with E-state index in [9.17, 15) is 4.79 Å². The lowest BCUT2D eigenvalue weighted by molar-refractivity contribution is -0.131. The largest absolute Gasteiger partial charge is 0.337 e. The first kappa shape index (κ1) is 13.1. The summed E-state index contributed by atoms with van der Waals surface area (Å²) in [7, 11) is 0. The summed E-state index contributed by atoms with van der Waals surface area (Å²) in [6.45, 7) is 8.55. The zero-order valence-corrected chi connectivity index (χ0v) is 11.5. The molecule has 98 valence electrons. The molecule has 1 fully saturated rings. The van der Waals surface area contributed by atoms with Crippen LogP contribution in [0, 0.1) is 13.8 Å². The quantitative estimate of drug-likeness (QED) is 0.861. The second-order valence-corrected chi connectivity index (χ2v) is 5.20. The third-order valence-corrected chi connectivity index (χ3v) is 3.71. The topological polar surface area (TPSA) is 32.3 Å². The number of nitrogens with one attached hydrogen (secondary N) is 1. The predicted octanol–water partition coefficient (Wildman–Crippen LogP) is 1.67. The Bertz CT molecular complexity index is 442. The maximum absolute atomic E-state index is 11.6. The molecule has 1 heterocycles. The van der Waals surface area contributed by atoms with Crippen LogP contribution in [-0.2, 0) is 11.2 Å². The van der Waals surface area contributed by atoms with Gasteiger partial charge in [0.05, 0.1) is 0 Å². The zero-order valence-electron chi connectivity index (χ0n) is 11.5. The van der Waals surface area contributed by atoms with E-state index in [1.807, 2.05) is 4.90 Å². The SMILES string of the molecule is CC(=O)N1CCNCC1Cc1ccc(C)cc1C. The molecule has 3 nitrogen and oxygen atoms in total. The fourth-order valence-electron chi connectivity index (χ4n) is 2.69. The summed E-state index contributed by atoms with van der Waals surface area (Å²) in [6, 6.07) is 6.84. The number of nitrogens with zero attached hydrogens (tertiary/aromatic N) is 1. The Morgan fingerprint density at radius 3 is 2.89 bits per heavy atom. The Balaban J connectivity index is 2.13. The minimum Gasteiger partial charge on any atom is -0.337 e. The Hall–Kier alpha value is -1.35. The molecular weight excluding hydrogens is 224 g/mol. The molecule has 0 saturated carbocycles. The number of benzene rings is 1. The first-order valence-corrected chi connectivity index (χ1v) is 6.62. The molecule has 0 radical (unpaired) electrons. The summed E-state index contributed by atoms with van der Waals surface area (Å²) in [5, 5.41) is 3.38. The molecule has 1 unspecified atom stereocenters. The zero-order chi connectivity index (χ0) is 13.1. The lowest BCUT2D eigenvalue weighted by Gasteiger charge is -2.36. The van der Waals surface area contributed by atoms with E-state index in [0.29, 0.717) is 0 Å². The number of piperazine rings is 1. The summed E-state index contributed by atoms with van der Waals surface area (Å²) < 4.78 is 0. The van der Waals surface area contributed by atoms with Gasteiger partial charge >= 0.3 is 0 Å². The summed E-state index contributed by atoms with van der Waals surface area (Å²) in [5.41, 5.74) is 3.96. The predicted molar refractivity (Wildman–Crippen MR) is 73.7 cm³/mol. The van der Waals surface area contributed by atoms with Crippen molar-refractivity contribution in [3.63, 3.8) is 0 Å². The van der Waals surface area contributed by atoms with Crippen LogP contribution in [0.2, 0.25) is 0 Å². The standard InChI is InChI=1S/C15H22N2O/c1-11-4-5-14(12(2)8-11)9-15-10-16-6-7-17(15)13(3)18/h4-5,8,15-16H,6-7,9-10H2,1-3H3. The van der Waals surface area contributed by atoms with Gasteiger partial charge in [-0.05, 0) is 31.4 Å². The van der Waals surface area contributed by atoms with Crippen molar-refractivity contribution in [2.45, 2.75) is 33.2 Å². The molecule has 2 rings (SSSR count). The number of hydrogen-bond acceptors (Lipinski definition) is 2. The number of carbonyl (C=O) groups is 1. The number of hydrogen-bond donors (Lipinski definition) is 1. The second-order valence-electron chi connectivity index (χ2n) is 5.20. The van der Waals surface area contributed by atoms with Crippen molar-refractivity contribution in [2.24, 2.45) is 0 Å².